The zero-order valence-electron chi connectivity index (χ0n) is 13.0. The number of aromatic nitrogens is 4. The van der Waals surface area contributed by atoms with E-state index in [0.29, 0.717) is 5.16 Å². The largest absolute Gasteiger partial charge is 0.338 e. The van der Waals surface area contributed by atoms with Crippen LogP contribution in [0.4, 0.5) is 0 Å². The van der Waals surface area contributed by atoms with Gasteiger partial charge in [-0.25, -0.2) is 4.98 Å². The minimum Gasteiger partial charge on any atom is -0.338 e. The van der Waals surface area contributed by atoms with Crippen LogP contribution < -0.4 is 0 Å². The normalized spacial score (nSPS) is 11.4. The molecular formula is C18H16N4S. The van der Waals surface area contributed by atoms with E-state index in [1.54, 1.807) is 11.8 Å². The van der Waals surface area contributed by atoms with Crippen molar-refractivity contribution >= 4 is 33.8 Å². The number of hydrogen-bond acceptors (Lipinski definition) is 4. The second-order valence-corrected chi connectivity index (χ2v) is 6.62. The molecule has 2 aromatic heterocycles. The summed E-state index contributed by atoms with van der Waals surface area (Å²) in [5.41, 5.74) is 6.49. The molecule has 4 rings (SSSR count). The van der Waals surface area contributed by atoms with Gasteiger partial charge in [-0.3, -0.25) is 0 Å². The lowest BCUT2D eigenvalue weighted by atomic mass is 10.1. The first-order chi connectivity index (χ1) is 11.2. The van der Waals surface area contributed by atoms with Crippen LogP contribution in [0.5, 0.6) is 0 Å². The Bertz CT molecular complexity index is 1010. The molecule has 0 aliphatic carbocycles. The minimum atomic E-state index is 0.698. The highest BCUT2D eigenvalue weighted by Gasteiger charge is 2.10. The maximum Gasteiger partial charge on any atom is 0.211 e. The van der Waals surface area contributed by atoms with Gasteiger partial charge >= 0.3 is 0 Å². The Kier molecular flexibility index (Phi) is 3.50. The quantitative estimate of drug-likeness (QED) is 0.568. The Hall–Kier alpha value is -2.40. The fraction of sp³-hybridized carbons (Fsp3) is 0.167. The van der Waals surface area contributed by atoms with Gasteiger partial charge in [0.2, 0.25) is 5.16 Å². The summed E-state index contributed by atoms with van der Waals surface area (Å²) in [4.78, 5) is 7.96. The first kappa shape index (κ1) is 14.2. The Morgan fingerprint density at radius 2 is 1.91 bits per heavy atom. The Balaban J connectivity index is 1.66. The third-order valence-electron chi connectivity index (χ3n) is 3.97. The maximum absolute atomic E-state index is 4.62. The van der Waals surface area contributed by atoms with Gasteiger partial charge in [0.05, 0.1) is 0 Å². The summed E-state index contributed by atoms with van der Waals surface area (Å²) >= 11 is 1.61. The highest BCUT2D eigenvalue weighted by molar-refractivity contribution is 7.98. The van der Waals surface area contributed by atoms with E-state index in [9.17, 15) is 0 Å². The van der Waals surface area contributed by atoms with Crippen molar-refractivity contribution in [2.45, 2.75) is 24.8 Å². The van der Waals surface area contributed by atoms with Gasteiger partial charge in [0.25, 0.3) is 0 Å². The molecule has 4 nitrogen and oxygen atoms in total. The molecule has 0 fully saturated rings. The molecule has 1 N–H and O–H groups in total. The molecule has 0 radical (unpaired) electrons. The van der Waals surface area contributed by atoms with E-state index in [1.807, 2.05) is 0 Å². The fourth-order valence-electron chi connectivity index (χ4n) is 2.65. The SMILES string of the molecule is Cc1ccc2c(c1)[nH]c1nc(SCc3ccccc3C)nnc12. The van der Waals surface area contributed by atoms with Crippen molar-refractivity contribution in [3.8, 4) is 0 Å². The molecule has 0 atom stereocenters. The van der Waals surface area contributed by atoms with E-state index in [-0.39, 0.29) is 0 Å². The minimum absolute atomic E-state index is 0.698. The van der Waals surface area contributed by atoms with Gasteiger partial charge in [-0.05, 0) is 36.6 Å². The smallest absolute Gasteiger partial charge is 0.211 e. The molecule has 0 spiro atoms. The number of H-pyrrole nitrogens is 1. The Morgan fingerprint density at radius 3 is 2.78 bits per heavy atom. The van der Waals surface area contributed by atoms with E-state index >= 15 is 0 Å². The van der Waals surface area contributed by atoms with Gasteiger partial charge in [0.15, 0.2) is 5.65 Å². The van der Waals surface area contributed by atoms with E-state index < -0.39 is 0 Å². The van der Waals surface area contributed by atoms with Crippen LogP contribution in [0.3, 0.4) is 0 Å². The molecule has 0 saturated heterocycles. The summed E-state index contributed by atoms with van der Waals surface area (Å²) in [6, 6.07) is 14.6. The Labute approximate surface area is 138 Å². The summed E-state index contributed by atoms with van der Waals surface area (Å²) in [5.74, 6) is 0.846. The third kappa shape index (κ3) is 2.68. The number of hydrogen-bond donors (Lipinski definition) is 1. The van der Waals surface area contributed by atoms with Crippen molar-refractivity contribution in [2.75, 3.05) is 0 Å². The second-order valence-electron chi connectivity index (χ2n) is 5.68. The van der Waals surface area contributed by atoms with Gasteiger partial charge in [-0.2, -0.15) is 0 Å². The third-order valence-corrected chi connectivity index (χ3v) is 4.86. The van der Waals surface area contributed by atoms with E-state index in [4.69, 9.17) is 0 Å². The molecule has 0 saturated carbocycles. The average Bonchev–Trinajstić information content (AvgIpc) is 2.90. The molecule has 5 heteroatoms. The number of nitrogens with one attached hydrogen (secondary N) is 1. The molecule has 0 aliphatic heterocycles. The zero-order chi connectivity index (χ0) is 15.8. The van der Waals surface area contributed by atoms with Crippen molar-refractivity contribution < 1.29 is 0 Å². The maximum atomic E-state index is 4.62. The van der Waals surface area contributed by atoms with Gasteiger partial charge in [0.1, 0.15) is 5.52 Å². The van der Waals surface area contributed by atoms with Gasteiger partial charge in [-0.1, -0.05) is 48.2 Å². The highest BCUT2D eigenvalue weighted by atomic mass is 32.2. The van der Waals surface area contributed by atoms with E-state index in [1.165, 1.54) is 16.7 Å². The van der Waals surface area contributed by atoms with Crippen molar-refractivity contribution in [2.24, 2.45) is 0 Å². The van der Waals surface area contributed by atoms with Crippen molar-refractivity contribution in [1.29, 1.82) is 0 Å². The van der Waals surface area contributed by atoms with E-state index in [0.717, 1.165) is 27.8 Å². The van der Waals surface area contributed by atoms with Crippen LogP contribution in [0.1, 0.15) is 16.7 Å². The molecule has 0 aliphatic rings. The standard InChI is InChI=1S/C18H16N4S/c1-11-7-8-14-15(9-11)19-17-16(14)21-22-18(20-17)23-10-13-6-4-3-5-12(13)2/h3-9H,10H2,1-2H3,(H,19,20,22). The van der Waals surface area contributed by atoms with Crippen molar-refractivity contribution in [3.05, 3.63) is 59.2 Å². The number of aryl methyl sites for hydroxylation is 2. The molecule has 2 aromatic carbocycles. The first-order valence-corrected chi connectivity index (χ1v) is 8.49. The lowest BCUT2D eigenvalue weighted by molar-refractivity contribution is 0.878. The van der Waals surface area contributed by atoms with Crippen LogP contribution in [0.25, 0.3) is 22.1 Å². The van der Waals surface area contributed by atoms with Gasteiger partial charge in [0, 0.05) is 16.7 Å². The molecular weight excluding hydrogens is 304 g/mol. The summed E-state index contributed by atoms with van der Waals surface area (Å²) in [5, 5.41) is 10.4. The summed E-state index contributed by atoms with van der Waals surface area (Å²) in [7, 11) is 0. The van der Waals surface area contributed by atoms with Crippen LogP contribution in [0, 0.1) is 13.8 Å². The van der Waals surface area contributed by atoms with Crippen LogP contribution in [-0.2, 0) is 5.75 Å². The summed E-state index contributed by atoms with van der Waals surface area (Å²) in [6.45, 7) is 4.20. The van der Waals surface area contributed by atoms with Gasteiger partial charge < -0.3 is 4.98 Å². The van der Waals surface area contributed by atoms with Crippen molar-refractivity contribution in [3.63, 3.8) is 0 Å². The fourth-order valence-corrected chi connectivity index (χ4v) is 3.51. The molecule has 0 amide bonds. The van der Waals surface area contributed by atoms with Gasteiger partial charge in [-0.15, -0.1) is 10.2 Å². The summed E-state index contributed by atoms with van der Waals surface area (Å²) in [6.07, 6.45) is 0. The number of nitrogens with zero attached hydrogens (tertiary/aromatic N) is 3. The predicted molar refractivity (Wildman–Crippen MR) is 94.7 cm³/mol. The van der Waals surface area contributed by atoms with Crippen LogP contribution in [-0.4, -0.2) is 20.2 Å². The number of benzene rings is 2. The molecule has 114 valence electrons. The highest BCUT2D eigenvalue weighted by Crippen LogP contribution is 2.26. The average molecular weight is 320 g/mol. The number of fused-ring (bicyclic) bond motifs is 3. The predicted octanol–water partition coefficient (Wildman–Crippen LogP) is 4.42. The van der Waals surface area contributed by atoms with Crippen LogP contribution in [0.2, 0.25) is 0 Å². The summed E-state index contributed by atoms with van der Waals surface area (Å²) < 4.78 is 0. The van der Waals surface area contributed by atoms with Crippen molar-refractivity contribution in [1.82, 2.24) is 20.2 Å². The molecule has 4 aromatic rings. The lowest BCUT2D eigenvalue weighted by Crippen LogP contribution is -1.93. The molecule has 23 heavy (non-hydrogen) atoms. The number of thioether (sulfide) groups is 1. The zero-order valence-corrected chi connectivity index (χ0v) is 13.8. The Morgan fingerprint density at radius 1 is 1.04 bits per heavy atom. The molecule has 0 bridgehead atoms. The number of aromatic amines is 1. The number of rotatable bonds is 3. The monoisotopic (exact) mass is 320 g/mol. The molecule has 0 unspecified atom stereocenters. The van der Waals surface area contributed by atoms with Crippen LogP contribution in [0.15, 0.2) is 47.6 Å². The lowest BCUT2D eigenvalue weighted by Gasteiger charge is -2.03. The topological polar surface area (TPSA) is 54.5 Å². The first-order valence-electron chi connectivity index (χ1n) is 7.51. The van der Waals surface area contributed by atoms with Crippen LogP contribution >= 0.6 is 11.8 Å². The molecule has 2 heterocycles. The second kappa shape index (κ2) is 5.66. The van der Waals surface area contributed by atoms with E-state index in [2.05, 4.69) is 76.5 Å².